The van der Waals surface area contributed by atoms with Gasteiger partial charge in [0.25, 0.3) is 0 Å². The second kappa shape index (κ2) is 2.92. The Morgan fingerprint density at radius 3 is 2.73 bits per heavy atom. The molecule has 0 saturated heterocycles. The van der Waals surface area contributed by atoms with E-state index in [1.807, 2.05) is 12.1 Å². The average molecular weight is 197 g/mol. The fourth-order valence-corrected chi connectivity index (χ4v) is 1.65. The van der Waals surface area contributed by atoms with Gasteiger partial charge in [0.2, 0.25) is 5.43 Å². The molecule has 0 unspecified atom stereocenters. The SMILES string of the molecule is O=c1c2ccccc2oc2ccncc12. The zero-order valence-corrected chi connectivity index (χ0v) is 7.81. The molecule has 0 saturated carbocycles. The van der Waals surface area contributed by atoms with E-state index < -0.39 is 0 Å². The summed E-state index contributed by atoms with van der Waals surface area (Å²) < 4.78 is 5.59. The van der Waals surface area contributed by atoms with E-state index in [-0.39, 0.29) is 5.43 Å². The third kappa shape index (κ3) is 1.13. The first-order valence-electron chi connectivity index (χ1n) is 4.62. The number of rotatable bonds is 0. The lowest BCUT2D eigenvalue weighted by atomic mass is 10.2. The van der Waals surface area contributed by atoms with Crippen molar-refractivity contribution in [1.29, 1.82) is 0 Å². The summed E-state index contributed by atoms with van der Waals surface area (Å²) in [6.45, 7) is 0. The minimum atomic E-state index is -0.0278. The third-order valence-corrected chi connectivity index (χ3v) is 2.38. The normalized spacial score (nSPS) is 10.9. The van der Waals surface area contributed by atoms with Gasteiger partial charge in [-0.1, -0.05) is 12.1 Å². The Kier molecular flexibility index (Phi) is 1.59. The van der Waals surface area contributed by atoms with Gasteiger partial charge in [-0.25, -0.2) is 0 Å². The van der Waals surface area contributed by atoms with E-state index in [1.54, 1.807) is 24.4 Å². The first-order valence-corrected chi connectivity index (χ1v) is 4.62. The standard InChI is InChI=1S/C12H7NO2/c14-12-8-3-1-2-4-10(8)15-11-5-6-13-7-9(11)12/h1-7H. The Morgan fingerprint density at radius 2 is 1.80 bits per heavy atom. The Labute approximate surface area is 85.0 Å². The predicted molar refractivity (Wildman–Crippen MR) is 57.8 cm³/mol. The molecule has 2 aromatic heterocycles. The molecule has 0 atom stereocenters. The van der Waals surface area contributed by atoms with Crippen LogP contribution in [0.3, 0.4) is 0 Å². The Balaban J connectivity index is 2.66. The predicted octanol–water partition coefficient (Wildman–Crippen LogP) is 2.34. The minimum absolute atomic E-state index is 0.0278. The molecule has 0 radical (unpaired) electrons. The Bertz CT molecular complexity index is 643. The molecule has 1 aromatic carbocycles. The summed E-state index contributed by atoms with van der Waals surface area (Å²) in [6, 6.07) is 8.91. The number of fused-ring (bicyclic) bond motifs is 2. The Morgan fingerprint density at radius 1 is 1.00 bits per heavy atom. The molecule has 3 heteroatoms. The highest BCUT2D eigenvalue weighted by Gasteiger charge is 2.05. The quantitative estimate of drug-likeness (QED) is 0.519. The van der Waals surface area contributed by atoms with E-state index in [0.29, 0.717) is 21.9 Å². The minimum Gasteiger partial charge on any atom is -0.456 e. The summed E-state index contributed by atoms with van der Waals surface area (Å²) >= 11 is 0. The highest BCUT2D eigenvalue weighted by molar-refractivity contribution is 5.88. The fraction of sp³-hybridized carbons (Fsp3) is 0. The lowest BCUT2D eigenvalue weighted by Gasteiger charge is -1.99. The van der Waals surface area contributed by atoms with Gasteiger partial charge in [-0.15, -0.1) is 0 Å². The van der Waals surface area contributed by atoms with Crippen LogP contribution in [-0.2, 0) is 0 Å². The second-order valence-corrected chi connectivity index (χ2v) is 3.30. The van der Waals surface area contributed by atoms with Crippen LogP contribution in [0.15, 0.2) is 51.9 Å². The van der Waals surface area contributed by atoms with Crippen molar-refractivity contribution in [3.8, 4) is 0 Å². The van der Waals surface area contributed by atoms with E-state index >= 15 is 0 Å². The van der Waals surface area contributed by atoms with Gasteiger partial charge in [-0.05, 0) is 18.2 Å². The number of hydrogen-bond acceptors (Lipinski definition) is 3. The zero-order valence-electron chi connectivity index (χ0n) is 7.81. The van der Waals surface area contributed by atoms with E-state index in [0.717, 1.165) is 0 Å². The second-order valence-electron chi connectivity index (χ2n) is 3.30. The molecule has 0 aliphatic heterocycles. The van der Waals surface area contributed by atoms with Gasteiger partial charge in [0.05, 0.1) is 10.8 Å². The van der Waals surface area contributed by atoms with Crippen molar-refractivity contribution in [2.45, 2.75) is 0 Å². The van der Waals surface area contributed by atoms with E-state index in [2.05, 4.69) is 4.98 Å². The fourth-order valence-electron chi connectivity index (χ4n) is 1.65. The lowest BCUT2D eigenvalue weighted by molar-refractivity contribution is 0.659. The topological polar surface area (TPSA) is 43.1 Å². The highest BCUT2D eigenvalue weighted by Crippen LogP contribution is 2.16. The summed E-state index contributed by atoms with van der Waals surface area (Å²) in [5, 5.41) is 1.12. The first-order chi connectivity index (χ1) is 7.36. The molecule has 0 amide bonds. The molecule has 72 valence electrons. The Hall–Kier alpha value is -2.16. The molecule has 3 nitrogen and oxygen atoms in total. The summed E-state index contributed by atoms with van der Waals surface area (Å²) in [5.41, 5.74) is 1.16. The number of pyridine rings is 1. The lowest BCUT2D eigenvalue weighted by Crippen LogP contribution is -2.01. The smallest absolute Gasteiger partial charge is 0.202 e. The van der Waals surface area contributed by atoms with Gasteiger partial charge in [0, 0.05) is 12.4 Å². The van der Waals surface area contributed by atoms with Crippen molar-refractivity contribution in [3.63, 3.8) is 0 Å². The highest BCUT2D eigenvalue weighted by atomic mass is 16.3. The summed E-state index contributed by atoms with van der Waals surface area (Å²) in [7, 11) is 0. The van der Waals surface area contributed by atoms with Gasteiger partial charge < -0.3 is 4.42 Å². The monoisotopic (exact) mass is 197 g/mol. The first kappa shape index (κ1) is 8.17. The van der Waals surface area contributed by atoms with Crippen molar-refractivity contribution >= 4 is 21.9 Å². The van der Waals surface area contributed by atoms with Gasteiger partial charge in [-0.3, -0.25) is 9.78 Å². The van der Waals surface area contributed by atoms with Crippen LogP contribution in [0.25, 0.3) is 21.9 Å². The van der Waals surface area contributed by atoms with Crippen LogP contribution < -0.4 is 5.43 Å². The zero-order chi connectivity index (χ0) is 10.3. The maximum Gasteiger partial charge on any atom is 0.202 e. The van der Waals surface area contributed by atoms with Gasteiger partial charge in [0.1, 0.15) is 11.2 Å². The molecular formula is C12H7NO2. The molecule has 0 bridgehead atoms. The molecule has 15 heavy (non-hydrogen) atoms. The number of hydrogen-bond donors (Lipinski definition) is 0. The van der Waals surface area contributed by atoms with Gasteiger partial charge in [-0.2, -0.15) is 0 Å². The largest absolute Gasteiger partial charge is 0.456 e. The number of aromatic nitrogens is 1. The molecule has 0 fully saturated rings. The van der Waals surface area contributed by atoms with E-state index in [1.165, 1.54) is 6.20 Å². The van der Waals surface area contributed by atoms with E-state index in [4.69, 9.17) is 4.42 Å². The van der Waals surface area contributed by atoms with Crippen molar-refractivity contribution in [2.24, 2.45) is 0 Å². The van der Waals surface area contributed by atoms with Crippen LogP contribution in [0.1, 0.15) is 0 Å². The van der Waals surface area contributed by atoms with Gasteiger partial charge >= 0.3 is 0 Å². The molecule has 0 aliphatic rings. The molecular weight excluding hydrogens is 190 g/mol. The van der Waals surface area contributed by atoms with Crippen LogP contribution in [-0.4, -0.2) is 4.98 Å². The average Bonchev–Trinajstić information content (AvgIpc) is 2.30. The van der Waals surface area contributed by atoms with Crippen LogP contribution in [0, 0.1) is 0 Å². The van der Waals surface area contributed by atoms with Crippen molar-refractivity contribution in [2.75, 3.05) is 0 Å². The molecule has 3 aromatic rings. The van der Waals surface area contributed by atoms with Crippen LogP contribution in [0.4, 0.5) is 0 Å². The molecule has 2 heterocycles. The van der Waals surface area contributed by atoms with Crippen LogP contribution in [0.5, 0.6) is 0 Å². The molecule has 3 rings (SSSR count). The molecule has 0 N–H and O–H groups in total. The summed E-state index contributed by atoms with van der Waals surface area (Å²) in [5.74, 6) is 0. The summed E-state index contributed by atoms with van der Waals surface area (Å²) in [6.07, 6.45) is 3.15. The number of benzene rings is 1. The maximum absolute atomic E-state index is 12.0. The van der Waals surface area contributed by atoms with E-state index in [9.17, 15) is 4.79 Å². The number of nitrogens with zero attached hydrogens (tertiary/aromatic N) is 1. The van der Waals surface area contributed by atoms with Crippen LogP contribution in [0.2, 0.25) is 0 Å². The molecule has 0 aliphatic carbocycles. The number of para-hydroxylation sites is 1. The van der Waals surface area contributed by atoms with Gasteiger partial charge in [0.15, 0.2) is 0 Å². The maximum atomic E-state index is 12.0. The third-order valence-electron chi connectivity index (χ3n) is 2.38. The molecule has 0 spiro atoms. The van der Waals surface area contributed by atoms with Crippen molar-refractivity contribution in [1.82, 2.24) is 4.98 Å². The van der Waals surface area contributed by atoms with Crippen LogP contribution >= 0.6 is 0 Å². The summed E-state index contributed by atoms with van der Waals surface area (Å²) in [4.78, 5) is 15.9. The van der Waals surface area contributed by atoms with Crippen molar-refractivity contribution in [3.05, 3.63) is 52.9 Å². The van der Waals surface area contributed by atoms with Crippen molar-refractivity contribution < 1.29 is 4.42 Å².